The van der Waals surface area contributed by atoms with Crippen LogP contribution < -0.4 is 9.64 Å². The van der Waals surface area contributed by atoms with Crippen LogP contribution in [-0.2, 0) is 16.1 Å². The van der Waals surface area contributed by atoms with Crippen LogP contribution in [0.1, 0.15) is 55.1 Å². The van der Waals surface area contributed by atoms with Crippen molar-refractivity contribution in [1.29, 1.82) is 0 Å². The van der Waals surface area contributed by atoms with Gasteiger partial charge >= 0.3 is 0 Å². The van der Waals surface area contributed by atoms with Crippen LogP contribution in [-0.4, -0.2) is 47.4 Å². The molecule has 1 N–H and O–H groups in total. The SMILES string of the molecule is CCOc1ccc(/C(O)=C2/C(=O)C(=O)N(Cc3ccccn3)C2c2ccc(N(C)C)cc2)cc1C(C)C. The summed E-state index contributed by atoms with van der Waals surface area (Å²) in [5.41, 5.74) is 3.83. The Morgan fingerprint density at radius 1 is 1.08 bits per heavy atom. The number of aliphatic hydroxyl groups excluding tert-OH is 1. The fourth-order valence-electron chi connectivity index (χ4n) is 4.60. The molecule has 1 atom stereocenters. The minimum atomic E-state index is -0.757. The molecule has 2 heterocycles. The Kier molecular flexibility index (Phi) is 7.62. The summed E-state index contributed by atoms with van der Waals surface area (Å²) in [6, 6.07) is 17.7. The molecule has 1 amide bonds. The van der Waals surface area contributed by atoms with Gasteiger partial charge in [0, 0.05) is 31.5 Å². The number of ketones is 1. The Morgan fingerprint density at radius 3 is 2.41 bits per heavy atom. The van der Waals surface area contributed by atoms with Gasteiger partial charge in [-0.05, 0) is 66.4 Å². The second-order valence-corrected chi connectivity index (χ2v) is 9.57. The lowest BCUT2D eigenvalue weighted by Gasteiger charge is -2.25. The number of pyridine rings is 1. The highest BCUT2D eigenvalue weighted by Crippen LogP contribution is 2.41. The molecule has 1 saturated heterocycles. The van der Waals surface area contributed by atoms with Crippen LogP contribution in [0.4, 0.5) is 5.69 Å². The molecule has 1 aliphatic heterocycles. The number of amides is 1. The quantitative estimate of drug-likeness (QED) is 0.258. The zero-order chi connectivity index (χ0) is 26.7. The van der Waals surface area contributed by atoms with Gasteiger partial charge in [-0.2, -0.15) is 0 Å². The van der Waals surface area contributed by atoms with E-state index in [0.717, 1.165) is 22.6 Å². The van der Waals surface area contributed by atoms with E-state index in [9.17, 15) is 14.7 Å². The van der Waals surface area contributed by atoms with Crippen molar-refractivity contribution in [3.8, 4) is 5.75 Å². The number of nitrogens with zero attached hydrogens (tertiary/aromatic N) is 3. The van der Waals surface area contributed by atoms with E-state index in [1.54, 1.807) is 24.4 Å². The number of aliphatic hydroxyl groups is 1. The lowest BCUT2D eigenvalue weighted by Crippen LogP contribution is -2.29. The molecule has 0 bridgehead atoms. The van der Waals surface area contributed by atoms with Crippen LogP contribution >= 0.6 is 0 Å². The highest BCUT2D eigenvalue weighted by Gasteiger charge is 2.46. The zero-order valence-electron chi connectivity index (χ0n) is 21.9. The topological polar surface area (TPSA) is 83.0 Å². The van der Waals surface area contributed by atoms with Crippen molar-refractivity contribution >= 4 is 23.1 Å². The lowest BCUT2D eigenvalue weighted by atomic mass is 9.93. The van der Waals surface area contributed by atoms with E-state index in [2.05, 4.69) is 4.98 Å². The number of hydrogen-bond donors (Lipinski definition) is 1. The first kappa shape index (κ1) is 25.9. The Labute approximate surface area is 218 Å². The molecule has 3 aromatic rings. The number of carbonyl (C=O) groups excluding carboxylic acids is 2. The molecule has 7 heteroatoms. The Balaban J connectivity index is 1.86. The van der Waals surface area contributed by atoms with Gasteiger partial charge in [-0.1, -0.05) is 32.0 Å². The normalized spacial score (nSPS) is 16.9. The third-order valence-electron chi connectivity index (χ3n) is 6.53. The summed E-state index contributed by atoms with van der Waals surface area (Å²) < 4.78 is 5.76. The molecule has 0 radical (unpaired) electrons. The lowest BCUT2D eigenvalue weighted by molar-refractivity contribution is -0.140. The standard InChI is InChI=1S/C30H33N3O4/c1-6-37-25-15-12-21(17-24(25)19(2)3)28(34)26-27(20-10-13-23(14-11-20)32(4)5)33(30(36)29(26)35)18-22-9-7-8-16-31-22/h7-17,19,27,34H,6,18H2,1-5H3/b28-26-. The first-order chi connectivity index (χ1) is 17.7. The van der Waals surface area contributed by atoms with Crippen LogP contribution in [0.5, 0.6) is 5.75 Å². The first-order valence-corrected chi connectivity index (χ1v) is 12.5. The number of anilines is 1. The first-order valence-electron chi connectivity index (χ1n) is 12.5. The average Bonchev–Trinajstić information content (AvgIpc) is 3.14. The van der Waals surface area contributed by atoms with Crippen LogP contribution in [0.25, 0.3) is 5.76 Å². The molecule has 4 rings (SSSR count). The molecule has 0 spiro atoms. The van der Waals surface area contributed by atoms with Gasteiger partial charge in [0.25, 0.3) is 11.7 Å². The molecular weight excluding hydrogens is 466 g/mol. The molecule has 1 fully saturated rings. The fourth-order valence-corrected chi connectivity index (χ4v) is 4.60. The number of benzene rings is 2. The third-order valence-corrected chi connectivity index (χ3v) is 6.53. The number of likely N-dealkylation sites (tertiary alicyclic amines) is 1. The van der Waals surface area contributed by atoms with Gasteiger partial charge in [-0.15, -0.1) is 0 Å². The van der Waals surface area contributed by atoms with Crippen molar-refractivity contribution < 1.29 is 19.4 Å². The van der Waals surface area contributed by atoms with Gasteiger partial charge in [0.05, 0.1) is 30.5 Å². The summed E-state index contributed by atoms with van der Waals surface area (Å²) in [4.78, 5) is 34.5. The second-order valence-electron chi connectivity index (χ2n) is 9.57. The van der Waals surface area contributed by atoms with Crippen molar-refractivity contribution in [2.45, 2.75) is 39.3 Å². The summed E-state index contributed by atoms with van der Waals surface area (Å²) in [6.07, 6.45) is 1.65. The number of ether oxygens (including phenoxy) is 1. The summed E-state index contributed by atoms with van der Waals surface area (Å²) in [5, 5.41) is 11.5. The van der Waals surface area contributed by atoms with Gasteiger partial charge in [0.2, 0.25) is 0 Å². The molecule has 37 heavy (non-hydrogen) atoms. The average molecular weight is 500 g/mol. The molecule has 1 aliphatic rings. The van der Waals surface area contributed by atoms with Crippen LogP contribution in [0.15, 0.2) is 72.4 Å². The number of hydrogen-bond acceptors (Lipinski definition) is 6. The van der Waals surface area contributed by atoms with E-state index < -0.39 is 17.7 Å². The largest absolute Gasteiger partial charge is 0.507 e. The summed E-state index contributed by atoms with van der Waals surface area (Å²) in [6.45, 7) is 6.66. The van der Waals surface area contributed by atoms with E-state index in [4.69, 9.17) is 4.74 Å². The smallest absolute Gasteiger partial charge is 0.296 e. The van der Waals surface area contributed by atoms with Gasteiger partial charge in [-0.3, -0.25) is 14.6 Å². The van der Waals surface area contributed by atoms with E-state index in [-0.39, 0.29) is 23.8 Å². The van der Waals surface area contributed by atoms with Crippen molar-refractivity contribution in [3.05, 3.63) is 94.8 Å². The Hall–Kier alpha value is -4.13. The zero-order valence-corrected chi connectivity index (χ0v) is 21.9. The predicted molar refractivity (Wildman–Crippen MR) is 145 cm³/mol. The van der Waals surface area contributed by atoms with E-state index in [1.165, 1.54) is 4.90 Å². The van der Waals surface area contributed by atoms with Crippen LogP contribution in [0.2, 0.25) is 0 Å². The minimum absolute atomic E-state index is 0.0670. The number of rotatable bonds is 8. The van der Waals surface area contributed by atoms with Crippen molar-refractivity contribution in [3.63, 3.8) is 0 Å². The Morgan fingerprint density at radius 2 is 1.81 bits per heavy atom. The third kappa shape index (κ3) is 5.21. The van der Waals surface area contributed by atoms with E-state index >= 15 is 0 Å². The molecule has 1 unspecified atom stereocenters. The molecule has 7 nitrogen and oxygen atoms in total. The van der Waals surface area contributed by atoms with Gasteiger partial charge in [0.15, 0.2) is 0 Å². The van der Waals surface area contributed by atoms with Crippen molar-refractivity contribution in [2.75, 3.05) is 25.6 Å². The van der Waals surface area contributed by atoms with Crippen LogP contribution in [0, 0.1) is 0 Å². The number of carbonyl (C=O) groups is 2. The molecular formula is C30H33N3O4. The maximum Gasteiger partial charge on any atom is 0.296 e. The summed E-state index contributed by atoms with van der Waals surface area (Å²) in [5.74, 6) is -0.705. The maximum absolute atomic E-state index is 13.4. The van der Waals surface area contributed by atoms with Crippen LogP contribution in [0.3, 0.4) is 0 Å². The minimum Gasteiger partial charge on any atom is -0.507 e. The van der Waals surface area contributed by atoms with Gasteiger partial charge in [0.1, 0.15) is 11.5 Å². The maximum atomic E-state index is 13.4. The number of Topliss-reactive ketones (excluding diaryl/α,β-unsaturated/α-hetero) is 1. The van der Waals surface area contributed by atoms with Gasteiger partial charge in [-0.25, -0.2) is 0 Å². The van der Waals surface area contributed by atoms with Crippen molar-refractivity contribution in [1.82, 2.24) is 9.88 Å². The Bertz CT molecular complexity index is 1310. The molecule has 0 saturated carbocycles. The highest BCUT2D eigenvalue weighted by molar-refractivity contribution is 6.46. The molecule has 2 aromatic carbocycles. The van der Waals surface area contributed by atoms with E-state index in [0.29, 0.717) is 17.9 Å². The fraction of sp³-hybridized carbons (Fsp3) is 0.300. The second kappa shape index (κ2) is 10.9. The number of aromatic nitrogens is 1. The highest BCUT2D eigenvalue weighted by atomic mass is 16.5. The monoisotopic (exact) mass is 499 g/mol. The summed E-state index contributed by atoms with van der Waals surface area (Å²) in [7, 11) is 3.89. The predicted octanol–water partition coefficient (Wildman–Crippen LogP) is 5.29. The molecule has 192 valence electrons. The molecule has 1 aromatic heterocycles. The summed E-state index contributed by atoms with van der Waals surface area (Å²) >= 11 is 0. The molecule has 0 aliphatic carbocycles. The van der Waals surface area contributed by atoms with E-state index in [1.807, 2.05) is 82.2 Å². The van der Waals surface area contributed by atoms with Crippen molar-refractivity contribution in [2.24, 2.45) is 0 Å². The van der Waals surface area contributed by atoms with Gasteiger partial charge < -0.3 is 19.6 Å².